The van der Waals surface area contributed by atoms with E-state index in [1.807, 2.05) is 20.8 Å². The van der Waals surface area contributed by atoms with E-state index in [4.69, 9.17) is 4.74 Å². The van der Waals surface area contributed by atoms with Crippen molar-refractivity contribution in [2.24, 2.45) is 0 Å². The Morgan fingerprint density at radius 2 is 2.12 bits per heavy atom. The maximum Gasteiger partial charge on any atom is 0.325 e. The molecule has 1 rings (SSSR count). The van der Waals surface area contributed by atoms with E-state index in [1.54, 1.807) is 0 Å². The van der Waals surface area contributed by atoms with Gasteiger partial charge in [0.15, 0.2) is 0 Å². The molecule has 0 aromatic rings. The number of hydrazine groups is 1. The van der Waals surface area contributed by atoms with Gasteiger partial charge in [0.05, 0.1) is 5.33 Å². The van der Waals surface area contributed by atoms with Crippen molar-refractivity contribution in [3.63, 3.8) is 0 Å². The summed E-state index contributed by atoms with van der Waals surface area (Å²) < 4.78 is 5.29. The van der Waals surface area contributed by atoms with Gasteiger partial charge in [-0.2, -0.15) is 0 Å². The Bertz CT molecular complexity index is 302. The molecule has 1 aliphatic rings. The van der Waals surface area contributed by atoms with Crippen molar-refractivity contribution in [2.75, 3.05) is 11.9 Å². The topological polar surface area (TPSA) is 58.6 Å². The highest BCUT2D eigenvalue weighted by Gasteiger charge is 2.30. The highest BCUT2D eigenvalue weighted by molar-refractivity contribution is 9.09. The summed E-state index contributed by atoms with van der Waals surface area (Å²) in [6.45, 7) is 6.11. The van der Waals surface area contributed by atoms with Gasteiger partial charge in [0, 0.05) is 6.54 Å². The Morgan fingerprint density at radius 1 is 1.47 bits per heavy atom. The van der Waals surface area contributed by atoms with Crippen LogP contribution in [0.4, 0.5) is 0 Å². The van der Waals surface area contributed by atoms with Gasteiger partial charge in [0.25, 0.3) is 0 Å². The van der Waals surface area contributed by atoms with Gasteiger partial charge >= 0.3 is 5.97 Å². The maximum atomic E-state index is 11.8. The number of hydrogen-bond acceptors (Lipinski definition) is 4. The number of nitrogens with zero attached hydrogens (tertiary/aromatic N) is 1. The Hall–Kier alpha value is -0.620. The number of esters is 1. The van der Waals surface area contributed by atoms with Gasteiger partial charge in [0.1, 0.15) is 11.6 Å². The first-order valence-electron chi connectivity index (χ1n) is 5.69. The third-order valence-electron chi connectivity index (χ3n) is 2.29. The van der Waals surface area contributed by atoms with Crippen molar-refractivity contribution in [3.8, 4) is 0 Å². The molecule has 5 nitrogen and oxygen atoms in total. The van der Waals surface area contributed by atoms with E-state index in [9.17, 15) is 9.59 Å². The van der Waals surface area contributed by atoms with Crippen LogP contribution in [-0.2, 0) is 14.3 Å². The molecule has 0 saturated carbocycles. The molecule has 0 aromatic carbocycles. The number of nitrogens with one attached hydrogen (secondary N) is 1. The Labute approximate surface area is 110 Å². The first-order valence-corrected chi connectivity index (χ1v) is 6.81. The summed E-state index contributed by atoms with van der Waals surface area (Å²) in [4.78, 5) is 23.3. The summed E-state index contributed by atoms with van der Waals surface area (Å²) in [6, 6.07) is -0.425. The van der Waals surface area contributed by atoms with Crippen LogP contribution in [0.5, 0.6) is 0 Å². The molecule has 1 aliphatic heterocycles. The van der Waals surface area contributed by atoms with Gasteiger partial charge in [-0.05, 0) is 33.6 Å². The summed E-state index contributed by atoms with van der Waals surface area (Å²) in [7, 11) is 0. The molecular weight excluding hydrogens is 288 g/mol. The Kier molecular flexibility index (Phi) is 4.94. The number of carbonyl (C=O) groups is 2. The maximum absolute atomic E-state index is 11.8. The minimum Gasteiger partial charge on any atom is -0.459 e. The fraction of sp³-hybridized carbons (Fsp3) is 0.818. The molecule has 1 saturated heterocycles. The molecule has 0 aliphatic carbocycles. The fourth-order valence-corrected chi connectivity index (χ4v) is 1.89. The molecule has 0 aromatic heterocycles. The van der Waals surface area contributed by atoms with Crippen LogP contribution in [0.15, 0.2) is 0 Å². The number of ether oxygens (including phenoxy) is 1. The van der Waals surface area contributed by atoms with Crippen LogP contribution in [0.2, 0.25) is 0 Å². The van der Waals surface area contributed by atoms with Gasteiger partial charge in [0.2, 0.25) is 5.91 Å². The molecule has 98 valence electrons. The molecule has 1 fully saturated rings. The fourth-order valence-electron chi connectivity index (χ4n) is 1.58. The number of halogens is 1. The van der Waals surface area contributed by atoms with E-state index in [2.05, 4.69) is 21.4 Å². The number of carbonyl (C=O) groups excluding carboxylic acids is 2. The van der Waals surface area contributed by atoms with Gasteiger partial charge in [-0.15, -0.1) is 0 Å². The summed E-state index contributed by atoms with van der Waals surface area (Å²) in [5.41, 5.74) is 2.41. The van der Waals surface area contributed by atoms with E-state index in [0.717, 1.165) is 6.42 Å². The quantitative estimate of drug-likeness (QED) is 0.615. The monoisotopic (exact) mass is 306 g/mol. The molecule has 1 amide bonds. The lowest BCUT2D eigenvalue weighted by atomic mass is 10.1. The van der Waals surface area contributed by atoms with Crippen molar-refractivity contribution in [1.82, 2.24) is 10.4 Å². The minimum absolute atomic E-state index is 0.0711. The van der Waals surface area contributed by atoms with Gasteiger partial charge in [-0.25, -0.2) is 5.43 Å². The highest BCUT2D eigenvalue weighted by Crippen LogP contribution is 2.14. The summed E-state index contributed by atoms with van der Waals surface area (Å²) in [6.07, 6.45) is 1.50. The smallest absolute Gasteiger partial charge is 0.325 e. The van der Waals surface area contributed by atoms with Crippen molar-refractivity contribution in [3.05, 3.63) is 0 Å². The first kappa shape index (κ1) is 14.4. The van der Waals surface area contributed by atoms with Crippen molar-refractivity contribution in [1.29, 1.82) is 0 Å². The average molecular weight is 307 g/mol. The van der Waals surface area contributed by atoms with E-state index >= 15 is 0 Å². The Morgan fingerprint density at radius 3 is 2.65 bits per heavy atom. The minimum atomic E-state index is -0.500. The predicted octanol–water partition coefficient (Wildman–Crippen LogP) is 1.22. The van der Waals surface area contributed by atoms with Crippen LogP contribution < -0.4 is 5.43 Å². The molecule has 6 heteroatoms. The lowest BCUT2D eigenvalue weighted by molar-refractivity contribution is -0.161. The zero-order chi connectivity index (χ0) is 13.1. The summed E-state index contributed by atoms with van der Waals surface area (Å²) >= 11 is 3.11. The van der Waals surface area contributed by atoms with Crippen molar-refractivity contribution < 1.29 is 14.3 Å². The second-order valence-corrected chi connectivity index (χ2v) is 5.60. The third-order valence-corrected chi connectivity index (χ3v) is 2.77. The number of rotatable bonds is 2. The molecule has 0 radical (unpaired) electrons. The largest absolute Gasteiger partial charge is 0.459 e. The van der Waals surface area contributed by atoms with Crippen LogP contribution in [-0.4, -0.2) is 40.4 Å². The number of alkyl halides is 1. The summed E-state index contributed by atoms with van der Waals surface area (Å²) in [5, 5.41) is 1.73. The molecule has 0 bridgehead atoms. The molecule has 0 spiro atoms. The van der Waals surface area contributed by atoms with E-state index in [-0.39, 0.29) is 17.2 Å². The Balaban J connectivity index is 2.55. The van der Waals surface area contributed by atoms with Crippen LogP contribution in [0.1, 0.15) is 33.6 Å². The molecule has 0 unspecified atom stereocenters. The highest BCUT2D eigenvalue weighted by atomic mass is 79.9. The molecule has 1 heterocycles. The van der Waals surface area contributed by atoms with Crippen molar-refractivity contribution in [2.45, 2.75) is 45.3 Å². The van der Waals surface area contributed by atoms with Gasteiger partial charge in [-0.3, -0.25) is 14.6 Å². The second kappa shape index (κ2) is 5.82. The number of hydrogen-bond donors (Lipinski definition) is 1. The molecular formula is C11H19BrN2O3. The zero-order valence-electron chi connectivity index (χ0n) is 10.5. The van der Waals surface area contributed by atoms with E-state index in [0.29, 0.717) is 13.0 Å². The lowest BCUT2D eigenvalue weighted by Gasteiger charge is -2.33. The molecule has 17 heavy (non-hydrogen) atoms. The van der Waals surface area contributed by atoms with Crippen LogP contribution in [0.25, 0.3) is 0 Å². The standard InChI is InChI=1S/C11H19BrN2O3/c1-11(2,3)17-10(16)8-5-4-6-14(13-8)9(15)7-12/h8,13H,4-7H2,1-3H3/t8-/m0/s1. The van der Waals surface area contributed by atoms with Crippen LogP contribution in [0.3, 0.4) is 0 Å². The first-order chi connectivity index (χ1) is 7.83. The number of amides is 1. The SMILES string of the molecule is CC(C)(C)OC(=O)[C@@H]1CCCN(C(=O)CBr)N1. The second-order valence-electron chi connectivity index (χ2n) is 5.04. The average Bonchev–Trinajstić information content (AvgIpc) is 2.26. The molecule has 1 N–H and O–H groups in total. The normalized spacial score (nSPS) is 21.2. The van der Waals surface area contributed by atoms with Crippen LogP contribution in [0, 0.1) is 0 Å². The zero-order valence-corrected chi connectivity index (χ0v) is 12.0. The van der Waals surface area contributed by atoms with Crippen LogP contribution >= 0.6 is 15.9 Å². The van der Waals surface area contributed by atoms with E-state index in [1.165, 1.54) is 5.01 Å². The predicted molar refractivity (Wildman–Crippen MR) is 67.5 cm³/mol. The van der Waals surface area contributed by atoms with Gasteiger partial charge < -0.3 is 4.74 Å². The van der Waals surface area contributed by atoms with Gasteiger partial charge in [-0.1, -0.05) is 15.9 Å². The van der Waals surface area contributed by atoms with Crippen molar-refractivity contribution >= 4 is 27.8 Å². The molecule has 1 atom stereocenters. The lowest BCUT2D eigenvalue weighted by Crippen LogP contribution is -2.56. The van der Waals surface area contributed by atoms with E-state index < -0.39 is 11.6 Å². The summed E-state index contributed by atoms with van der Waals surface area (Å²) in [5.74, 6) is -0.372. The third kappa shape index (κ3) is 4.63.